The van der Waals surface area contributed by atoms with E-state index in [1.54, 1.807) is 19.5 Å². The standard InChI is InChI=1S/C15H22N2O3/c1-20-11-3-7-15(14(18)19)6-2-10-17(12-15)13-4-8-16-9-5-13/h4-5,8-9H,2-3,6-7,10-12H2,1H3,(H,18,19)/t15-/m0/s1. The number of aromatic nitrogens is 1. The van der Waals surface area contributed by atoms with Gasteiger partial charge in [-0.15, -0.1) is 0 Å². The lowest BCUT2D eigenvalue weighted by molar-refractivity contribution is -0.150. The Morgan fingerprint density at radius 2 is 2.25 bits per heavy atom. The summed E-state index contributed by atoms with van der Waals surface area (Å²) in [6, 6.07) is 3.88. The van der Waals surface area contributed by atoms with Gasteiger partial charge in [0.15, 0.2) is 0 Å². The van der Waals surface area contributed by atoms with Crippen LogP contribution >= 0.6 is 0 Å². The maximum absolute atomic E-state index is 11.8. The van der Waals surface area contributed by atoms with E-state index >= 15 is 0 Å². The van der Waals surface area contributed by atoms with Crippen LogP contribution in [0, 0.1) is 5.41 Å². The quantitative estimate of drug-likeness (QED) is 0.808. The number of pyridine rings is 1. The summed E-state index contributed by atoms with van der Waals surface area (Å²) in [6.45, 7) is 2.09. The fraction of sp³-hybridized carbons (Fsp3) is 0.600. The molecule has 1 atom stereocenters. The van der Waals surface area contributed by atoms with Gasteiger partial charge < -0.3 is 14.7 Å². The molecule has 110 valence electrons. The Labute approximate surface area is 119 Å². The third-order valence-electron chi connectivity index (χ3n) is 4.06. The summed E-state index contributed by atoms with van der Waals surface area (Å²) in [5.74, 6) is -0.688. The van der Waals surface area contributed by atoms with E-state index in [0.29, 0.717) is 19.6 Å². The van der Waals surface area contributed by atoms with Crippen molar-refractivity contribution >= 4 is 11.7 Å². The van der Waals surface area contributed by atoms with Crippen LogP contribution in [0.1, 0.15) is 25.7 Å². The molecule has 1 saturated heterocycles. The lowest BCUT2D eigenvalue weighted by Crippen LogP contribution is -2.48. The molecule has 5 nitrogen and oxygen atoms in total. The van der Waals surface area contributed by atoms with Crippen LogP contribution in [0.5, 0.6) is 0 Å². The molecule has 5 heteroatoms. The van der Waals surface area contributed by atoms with Crippen LogP contribution in [0.3, 0.4) is 0 Å². The van der Waals surface area contributed by atoms with E-state index in [0.717, 1.165) is 31.5 Å². The number of carbonyl (C=O) groups is 1. The van der Waals surface area contributed by atoms with Crippen LogP contribution in [0.2, 0.25) is 0 Å². The summed E-state index contributed by atoms with van der Waals surface area (Å²) in [6.07, 6.45) is 6.59. The minimum absolute atomic E-state index is 0.566. The zero-order valence-corrected chi connectivity index (χ0v) is 11.9. The largest absolute Gasteiger partial charge is 0.481 e. The monoisotopic (exact) mass is 278 g/mol. The number of hydrogen-bond donors (Lipinski definition) is 1. The Bertz CT molecular complexity index is 438. The van der Waals surface area contributed by atoms with E-state index in [2.05, 4.69) is 9.88 Å². The van der Waals surface area contributed by atoms with Gasteiger partial charge in [-0.25, -0.2) is 0 Å². The van der Waals surface area contributed by atoms with Crippen molar-refractivity contribution in [3.8, 4) is 0 Å². The third-order valence-corrected chi connectivity index (χ3v) is 4.06. The van der Waals surface area contributed by atoms with Gasteiger partial charge in [0.2, 0.25) is 0 Å². The van der Waals surface area contributed by atoms with Crippen molar-refractivity contribution in [1.29, 1.82) is 0 Å². The molecule has 0 amide bonds. The molecule has 1 aromatic rings. The van der Waals surface area contributed by atoms with Gasteiger partial charge in [0.25, 0.3) is 0 Å². The van der Waals surface area contributed by atoms with Crippen molar-refractivity contribution in [2.24, 2.45) is 5.41 Å². The summed E-state index contributed by atoms with van der Waals surface area (Å²) in [7, 11) is 1.65. The SMILES string of the molecule is COCCC[C@@]1(C(=O)O)CCCN(c2ccncc2)C1. The Morgan fingerprint density at radius 3 is 2.90 bits per heavy atom. The topological polar surface area (TPSA) is 62.7 Å². The summed E-state index contributed by atoms with van der Waals surface area (Å²) in [4.78, 5) is 17.9. The molecule has 2 heterocycles. The fourth-order valence-corrected chi connectivity index (χ4v) is 2.95. The Kier molecular flexibility index (Phi) is 4.95. The molecular weight excluding hydrogens is 256 g/mol. The molecule has 1 aromatic heterocycles. The highest BCUT2D eigenvalue weighted by Crippen LogP contribution is 2.36. The van der Waals surface area contributed by atoms with Crippen molar-refractivity contribution < 1.29 is 14.6 Å². The molecule has 1 N–H and O–H groups in total. The van der Waals surface area contributed by atoms with E-state index < -0.39 is 11.4 Å². The molecule has 2 rings (SSSR count). The summed E-state index contributed by atoms with van der Waals surface area (Å²) in [5.41, 5.74) is 0.400. The van der Waals surface area contributed by atoms with Gasteiger partial charge in [-0.05, 0) is 37.8 Å². The molecule has 1 aliphatic heterocycles. The number of rotatable bonds is 6. The normalized spacial score (nSPS) is 22.8. The first-order chi connectivity index (χ1) is 9.68. The average Bonchev–Trinajstić information content (AvgIpc) is 2.48. The molecule has 0 aromatic carbocycles. The molecule has 0 spiro atoms. The highest BCUT2D eigenvalue weighted by Gasteiger charge is 2.41. The number of aliphatic carboxylic acids is 1. The molecule has 0 saturated carbocycles. The van der Waals surface area contributed by atoms with Gasteiger partial charge in [0.1, 0.15) is 0 Å². The van der Waals surface area contributed by atoms with E-state index in [1.165, 1.54) is 0 Å². The molecule has 20 heavy (non-hydrogen) atoms. The van der Waals surface area contributed by atoms with Crippen LogP contribution in [-0.4, -0.2) is 42.9 Å². The van der Waals surface area contributed by atoms with Gasteiger partial charge in [-0.1, -0.05) is 0 Å². The second kappa shape index (κ2) is 6.70. The Hall–Kier alpha value is -1.62. The number of hydrogen-bond acceptors (Lipinski definition) is 4. The second-order valence-corrected chi connectivity index (χ2v) is 5.41. The number of anilines is 1. The first-order valence-corrected chi connectivity index (χ1v) is 7.05. The minimum atomic E-state index is -0.688. The van der Waals surface area contributed by atoms with Crippen LogP contribution in [-0.2, 0) is 9.53 Å². The maximum atomic E-state index is 11.8. The van der Waals surface area contributed by atoms with Gasteiger partial charge in [-0.3, -0.25) is 9.78 Å². The van der Waals surface area contributed by atoms with Crippen molar-refractivity contribution in [3.63, 3.8) is 0 Å². The van der Waals surface area contributed by atoms with E-state index in [9.17, 15) is 9.90 Å². The number of carboxylic acids is 1. The van der Waals surface area contributed by atoms with Crippen molar-refractivity contribution in [1.82, 2.24) is 4.98 Å². The zero-order chi connectivity index (χ0) is 14.4. The van der Waals surface area contributed by atoms with Crippen molar-refractivity contribution in [2.45, 2.75) is 25.7 Å². The lowest BCUT2D eigenvalue weighted by atomic mass is 9.76. The van der Waals surface area contributed by atoms with Gasteiger partial charge >= 0.3 is 5.97 Å². The highest BCUT2D eigenvalue weighted by atomic mass is 16.5. The van der Waals surface area contributed by atoms with Crippen molar-refractivity contribution in [3.05, 3.63) is 24.5 Å². The van der Waals surface area contributed by atoms with Crippen LogP contribution in [0.25, 0.3) is 0 Å². The summed E-state index contributed by atoms with van der Waals surface area (Å²) >= 11 is 0. The lowest BCUT2D eigenvalue weighted by Gasteiger charge is -2.41. The van der Waals surface area contributed by atoms with Crippen molar-refractivity contribution in [2.75, 3.05) is 31.7 Å². The number of piperidine rings is 1. The van der Waals surface area contributed by atoms with Gasteiger partial charge in [0.05, 0.1) is 5.41 Å². The maximum Gasteiger partial charge on any atom is 0.311 e. The molecule has 0 radical (unpaired) electrons. The van der Waals surface area contributed by atoms with E-state index in [4.69, 9.17) is 4.74 Å². The second-order valence-electron chi connectivity index (χ2n) is 5.41. The highest BCUT2D eigenvalue weighted by molar-refractivity contribution is 5.76. The predicted octanol–water partition coefficient (Wildman–Crippen LogP) is 2.18. The Balaban J connectivity index is 2.10. The Morgan fingerprint density at radius 1 is 1.50 bits per heavy atom. The molecule has 1 fully saturated rings. The fourth-order valence-electron chi connectivity index (χ4n) is 2.95. The van der Waals surface area contributed by atoms with E-state index in [1.807, 2.05) is 12.1 Å². The third kappa shape index (κ3) is 3.28. The smallest absolute Gasteiger partial charge is 0.311 e. The van der Waals surface area contributed by atoms with E-state index in [-0.39, 0.29) is 0 Å². The van der Waals surface area contributed by atoms with Gasteiger partial charge in [0, 0.05) is 44.9 Å². The first kappa shape index (κ1) is 14.8. The number of nitrogens with zero attached hydrogens (tertiary/aromatic N) is 2. The minimum Gasteiger partial charge on any atom is -0.481 e. The molecule has 1 aliphatic rings. The average molecular weight is 278 g/mol. The van der Waals surface area contributed by atoms with Crippen LogP contribution < -0.4 is 4.90 Å². The van der Waals surface area contributed by atoms with Gasteiger partial charge in [-0.2, -0.15) is 0 Å². The predicted molar refractivity (Wildman–Crippen MR) is 76.9 cm³/mol. The molecule has 0 bridgehead atoms. The first-order valence-electron chi connectivity index (χ1n) is 7.05. The van der Waals surface area contributed by atoms with Crippen LogP contribution in [0.4, 0.5) is 5.69 Å². The molecule has 0 unspecified atom stereocenters. The number of ether oxygens (including phenoxy) is 1. The number of methoxy groups -OCH3 is 1. The number of carboxylic acid groups (broad SMARTS) is 1. The zero-order valence-electron chi connectivity index (χ0n) is 11.9. The molecular formula is C15H22N2O3. The molecule has 0 aliphatic carbocycles. The van der Waals surface area contributed by atoms with Crippen LogP contribution in [0.15, 0.2) is 24.5 Å². The summed E-state index contributed by atoms with van der Waals surface area (Å²) < 4.78 is 5.05. The summed E-state index contributed by atoms with van der Waals surface area (Å²) in [5, 5.41) is 9.67.